The first-order valence-corrected chi connectivity index (χ1v) is 4.83. The molecule has 2 rings (SSSR count). The molecule has 0 fully saturated rings. The van der Waals surface area contributed by atoms with E-state index in [0.717, 1.165) is 5.56 Å². The highest BCUT2D eigenvalue weighted by atomic mass is 16.1. The Morgan fingerprint density at radius 2 is 2.25 bits per heavy atom. The van der Waals surface area contributed by atoms with Crippen molar-refractivity contribution in [2.75, 3.05) is 11.1 Å². The van der Waals surface area contributed by atoms with Crippen LogP contribution in [-0.2, 0) is 0 Å². The van der Waals surface area contributed by atoms with Crippen molar-refractivity contribution in [3.63, 3.8) is 0 Å². The first kappa shape index (κ1) is 10.2. The first-order chi connectivity index (χ1) is 7.65. The number of amides is 1. The van der Waals surface area contributed by atoms with Crippen LogP contribution in [0.25, 0.3) is 0 Å². The maximum atomic E-state index is 11.8. The van der Waals surface area contributed by atoms with Crippen molar-refractivity contribution in [3.05, 3.63) is 41.6 Å². The number of carbonyl (C=O) groups is 1. The van der Waals surface area contributed by atoms with Gasteiger partial charge in [0, 0.05) is 17.3 Å². The highest BCUT2D eigenvalue weighted by Crippen LogP contribution is 2.12. The lowest BCUT2D eigenvalue weighted by Crippen LogP contribution is -2.12. The maximum Gasteiger partial charge on any atom is 0.256 e. The van der Waals surface area contributed by atoms with Gasteiger partial charge in [0.05, 0.1) is 6.20 Å². The summed E-state index contributed by atoms with van der Waals surface area (Å²) in [6, 6.07) is 6.91. The molecule has 1 aromatic carbocycles. The minimum absolute atomic E-state index is 0.209. The van der Waals surface area contributed by atoms with Crippen LogP contribution in [0, 0.1) is 6.92 Å². The summed E-state index contributed by atoms with van der Waals surface area (Å²) >= 11 is 0. The van der Waals surface area contributed by atoms with E-state index in [4.69, 9.17) is 5.73 Å². The minimum atomic E-state index is -0.209. The van der Waals surface area contributed by atoms with Crippen LogP contribution < -0.4 is 11.1 Å². The molecule has 5 heteroatoms. The number of hydrogen-bond donors (Lipinski definition) is 3. The van der Waals surface area contributed by atoms with E-state index in [1.807, 2.05) is 13.0 Å². The van der Waals surface area contributed by atoms with E-state index in [2.05, 4.69) is 15.5 Å². The summed E-state index contributed by atoms with van der Waals surface area (Å²) in [4.78, 5) is 11.8. The Bertz CT molecular complexity index is 484. The van der Waals surface area contributed by atoms with E-state index in [-0.39, 0.29) is 5.91 Å². The van der Waals surface area contributed by atoms with Crippen LogP contribution in [0.3, 0.4) is 0 Å². The van der Waals surface area contributed by atoms with Crippen LogP contribution in [-0.4, -0.2) is 16.1 Å². The normalized spacial score (nSPS) is 10.1. The molecule has 0 saturated heterocycles. The smallest absolute Gasteiger partial charge is 0.256 e. The number of rotatable bonds is 2. The van der Waals surface area contributed by atoms with Crippen molar-refractivity contribution in [1.82, 2.24) is 10.2 Å². The second-order valence-electron chi connectivity index (χ2n) is 3.56. The fourth-order valence-electron chi connectivity index (χ4n) is 1.46. The van der Waals surface area contributed by atoms with Crippen LogP contribution in [0.1, 0.15) is 15.9 Å². The number of aromatic amines is 1. The molecule has 0 radical (unpaired) electrons. The van der Waals surface area contributed by atoms with Gasteiger partial charge in [-0.25, -0.2) is 0 Å². The van der Waals surface area contributed by atoms with Gasteiger partial charge in [0.25, 0.3) is 5.91 Å². The van der Waals surface area contributed by atoms with Gasteiger partial charge in [-0.15, -0.1) is 0 Å². The minimum Gasteiger partial charge on any atom is -0.399 e. The Hall–Kier alpha value is -2.30. The largest absolute Gasteiger partial charge is 0.399 e. The third-order valence-corrected chi connectivity index (χ3v) is 2.11. The molecule has 0 aliphatic rings. The van der Waals surface area contributed by atoms with E-state index in [0.29, 0.717) is 17.1 Å². The van der Waals surface area contributed by atoms with Crippen LogP contribution in [0.2, 0.25) is 0 Å². The number of anilines is 2. The fourth-order valence-corrected chi connectivity index (χ4v) is 1.46. The summed E-state index contributed by atoms with van der Waals surface area (Å²) in [5, 5.41) is 9.07. The predicted molar refractivity (Wildman–Crippen MR) is 62.1 cm³/mol. The SMILES string of the molecule is Cc1cc(N)cc(C(=O)Nc2ccn[nH]2)c1. The quantitative estimate of drug-likeness (QED) is 0.666. The van der Waals surface area contributed by atoms with Gasteiger partial charge in [0.2, 0.25) is 0 Å². The number of nitrogen functional groups attached to an aromatic ring is 1. The Morgan fingerprint density at radius 1 is 1.44 bits per heavy atom. The van der Waals surface area contributed by atoms with Crippen molar-refractivity contribution in [2.45, 2.75) is 6.92 Å². The molecule has 4 N–H and O–H groups in total. The predicted octanol–water partition coefficient (Wildman–Crippen LogP) is 1.55. The molecule has 0 saturated carbocycles. The summed E-state index contributed by atoms with van der Waals surface area (Å²) in [5.74, 6) is 0.352. The number of aryl methyl sites for hydroxylation is 1. The molecule has 0 aliphatic heterocycles. The molecule has 5 nitrogen and oxygen atoms in total. The van der Waals surface area contributed by atoms with Gasteiger partial charge in [0.15, 0.2) is 0 Å². The Kier molecular flexibility index (Phi) is 2.59. The number of aromatic nitrogens is 2. The number of nitrogens with two attached hydrogens (primary N) is 1. The molecule has 0 atom stereocenters. The zero-order valence-electron chi connectivity index (χ0n) is 8.82. The molecule has 1 aromatic heterocycles. The maximum absolute atomic E-state index is 11.8. The molecule has 0 aliphatic carbocycles. The fraction of sp³-hybridized carbons (Fsp3) is 0.0909. The van der Waals surface area contributed by atoms with Crippen LogP contribution in [0.4, 0.5) is 11.5 Å². The Balaban J connectivity index is 2.21. The third-order valence-electron chi connectivity index (χ3n) is 2.11. The summed E-state index contributed by atoms with van der Waals surface area (Å²) in [6.45, 7) is 1.89. The van der Waals surface area contributed by atoms with Gasteiger partial charge >= 0.3 is 0 Å². The molecule has 0 bridgehead atoms. The van der Waals surface area contributed by atoms with Gasteiger partial charge < -0.3 is 11.1 Å². The summed E-state index contributed by atoms with van der Waals surface area (Å²) in [5.41, 5.74) is 7.74. The molecule has 0 unspecified atom stereocenters. The Morgan fingerprint density at radius 3 is 2.88 bits per heavy atom. The van der Waals surface area contributed by atoms with Gasteiger partial charge in [-0.05, 0) is 30.7 Å². The van der Waals surface area contributed by atoms with Gasteiger partial charge in [-0.2, -0.15) is 5.10 Å². The molecule has 2 aromatic rings. The molecule has 0 spiro atoms. The second-order valence-corrected chi connectivity index (χ2v) is 3.56. The summed E-state index contributed by atoms with van der Waals surface area (Å²) < 4.78 is 0. The van der Waals surface area contributed by atoms with Crippen molar-refractivity contribution in [2.24, 2.45) is 0 Å². The Labute approximate surface area is 92.7 Å². The van der Waals surface area contributed by atoms with Gasteiger partial charge in [0.1, 0.15) is 5.82 Å². The molecule has 16 heavy (non-hydrogen) atoms. The first-order valence-electron chi connectivity index (χ1n) is 4.83. The topological polar surface area (TPSA) is 83.8 Å². The zero-order valence-corrected chi connectivity index (χ0v) is 8.82. The highest BCUT2D eigenvalue weighted by Gasteiger charge is 2.07. The van der Waals surface area contributed by atoms with Crippen molar-refractivity contribution < 1.29 is 4.79 Å². The monoisotopic (exact) mass is 216 g/mol. The molecular formula is C11H12N4O. The molecule has 1 heterocycles. The number of benzene rings is 1. The third kappa shape index (κ3) is 2.20. The van der Waals surface area contributed by atoms with E-state index < -0.39 is 0 Å². The van der Waals surface area contributed by atoms with Crippen LogP contribution in [0.15, 0.2) is 30.5 Å². The lowest BCUT2D eigenvalue weighted by atomic mass is 10.1. The van der Waals surface area contributed by atoms with E-state index >= 15 is 0 Å². The standard InChI is InChI=1S/C11H12N4O/c1-7-4-8(6-9(12)5-7)11(16)14-10-2-3-13-15-10/h2-6H,12H2,1H3,(H2,13,14,15,16). The van der Waals surface area contributed by atoms with Crippen LogP contribution in [0.5, 0.6) is 0 Å². The highest BCUT2D eigenvalue weighted by molar-refractivity contribution is 6.04. The summed E-state index contributed by atoms with van der Waals surface area (Å²) in [6.07, 6.45) is 1.57. The average Bonchev–Trinajstić information content (AvgIpc) is 2.68. The van der Waals surface area contributed by atoms with Crippen molar-refractivity contribution in [1.29, 1.82) is 0 Å². The molecule has 1 amide bonds. The van der Waals surface area contributed by atoms with Crippen LogP contribution >= 0.6 is 0 Å². The lowest BCUT2D eigenvalue weighted by Gasteiger charge is -2.04. The van der Waals surface area contributed by atoms with E-state index in [1.165, 1.54) is 0 Å². The lowest BCUT2D eigenvalue weighted by molar-refractivity contribution is 0.102. The number of nitrogens with one attached hydrogen (secondary N) is 2. The number of hydrogen-bond acceptors (Lipinski definition) is 3. The number of carbonyl (C=O) groups excluding carboxylic acids is 1. The van der Waals surface area contributed by atoms with Crippen molar-refractivity contribution >= 4 is 17.4 Å². The van der Waals surface area contributed by atoms with E-state index in [1.54, 1.807) is 24.4 Å². The molecule has 82 valence electrons. The van der Waals surface area contributed by atoms with E-state index in [9.17, 15) is 4.79 Å². The average molecular weight is 216 g/mol. The molecular weight excluding hydrogens is 204 g/mol. The second kappa shape index (κ2) is 4.06. The van der Waals surface area contributed by atoms with Gasteiger partial charge in [-0.1, -0.05) is 0 Å². The van der Waals surface area contributed by atoms with Gasteiger partial charge in [-0.3, -0.25) is 9.89 Å². The summed E-state index contributed by atoms with van der Waals surface area (Å²) in [7, 11) is 0. The zero-order chi connectivity index (χ0) is 11.5. The number of H-pyrrole nitrogens is 1. The number of nitrogens with zero attached hydrogens (tertiary/aromatic N) is 1. The van der Waals surface area contributed by atoms with Crippen molar-refractivity contribution in [3.8, 4) is 0 Å².